The molecular weight excluding hydrogens is 210 g/mol. The van der Waals surface area contributed by atoms with E-state index in [1.165, 1.54) is 24.1 Å². The zero-order chi connectivity index (χ0) is 12.3. The van der Waals surface area contributed by atoms with Crippen molar-refractivity contribution in [2.24, 2.45) is 4.99 Å². The van der Waals surface area contributed by atoms with Crippen molar-refractivity contribution in [2.75, 3.05) is 30.9 Å². The standard InChI is InChI=1S/C14H21N3/c1-11-7-8-12(10-13(11)17(2)3)16-14-6-4-5-9-15-14/h7-8,10H,4-6,9H2,1-3H3,(H,15,16). The van der Waals surface area contributed by atoms with Gasteiger partial charge in [-0.05, 0) is 37.5 Å². The summed E-state index contributed by atoms with van der Waals surface area (Å²) in [6, 6.07) is 6.47. The normalized spacial score (nSPS) is 15.4. The van der Waals surface area contributed by atoms with Crippen molar-refractivity contribution in [3.8, 4) is 0 Å². The molecule has 0 bridgehead atoms. The maximum Gasteiger partial charge on any atom is 0.101 e. The number of amidine groups is 1. The zero-order valence-electron chi connectivity index (χ0n) is 11.0. The Morgan fingerprint density at radius 2 is 2.06 bits per heavy atom. The zero-order valence-corrected chi connectivity index (χ0v) is 11.0. The fourth-order valence-electron chi connectivity index (χ4n) is 2.13. The Balaban J connectivity index is 2.16. The molecule has 3 nitrogen and oxygen atoms in total. The van der Waals surface area contributed by atoms with E-state index in [2.05, 4.69) is 54.4 Å². The van der Waals surface area contributed by atoms with Gasteiger partial charge in [0.15, 0.2) is 0 Å². The quantitative estimate of drug-likeness (QED) is 0.847. The Hall–Kier alpha value is -1.51. The number of hydrogen-bond donors (Lipinski definition) is 1. The molecule has 1 heterocycles. The lowest BCUT2D eigenvalue weighted by atomic mass is 10.1. The number of nitrogens with zero attached hydrogens (tertiary/aromatic N) is 2. The van der Waals surface area contributed by atoms with Crippen LogP contribution < -0.4 is 10.2 Å². The van der Waals surface area contributed by atoms with Crippen LogP contribution in [0.2, 0.25) is 0 Å². The van der Waals surface area contributed by atoms with Crippen LogP contribution in [0.25, 0.3) is 0 Å². The van der Waals surface area contributed by atoms with Crippen LogP contribution in [0.4, 0.5) is 11.4 Å². The van der Waals surface area contributed by atoms with E-state index < -0.39 is 0 Å². The van der Waals surface area contributed by atoms with Crippen LogP contribution in [0, 0.1) is 6.92 Å². The minimum absolute atomic E-state index is 0.967. The SMILES string of the molecule is Cc1ccc(NC2=NCCCC2)cc1N(C)C. The van der Waals surface area contributed by atoms with Crippen LogP contribution in [0.5, 0.6) is 0 Å². The third-order valence-corrected chi connectivity index (χ3v) is 3.10. The molecule has 92 valence electrons. The molecule has 1 aromatic rings. The molecule has 0 radical (unpaired) electrons. The number of benzene rings is 1. The number of rotatable bonds is 2. The lowest BCUT2D eigenvalue weighted by Gasteiger charge is -2.19. The molecule has 0 saturated carbocycles. The molecule has 1 aromatic carbocycles. The molecule has 0 aliphatic carbocycles. The van der Waals surface area contributed by atoms with E-state index in [-0.39, 0.29) is 0 Å². The molecule has 17 heavy (non-hydrogen) atoms. The molecule has 2 rings (SSSR count). The van der Waals surface area contributed by atoms with Gasteiger partial charge in [-0.25, -0.2) is 0 Å². The number of aryl methyl sites for hydroxylation is 1. The predicted octanol–water partition coefficient (Wildman–Crippen LogP) is 3.06. The second-order valence-electron chi connectivity index (χ2n) is 4.81. The number of aliphatic imine (C=N–C) groups is 1. The van der Waals surface area contributed by atoms with Crippen molar-refractivity contribution in [2.45, 2.75) is 26.2 Å². The van der Waals surface area contributed by atoms with Gasteiger partial charge in [0.2, 0.25) is 0 Å². The number of hydrogen-bond acceptors (Lipinski definition) is 3. The molecule has 1 N–H and O–H groups in total. The summed E-state index contributed by atoms with van der Waals surface area (Å²) >= 11 is 0. The first-order valence-corrected chi connectivity index (χ1v) is 6.25. The third kappa shape index (κ3) is 2.99. The lowest BCUT2D eigenvalue weighted by molar-refractivity contribution is 0.737. The van der Waals surface area contributed by atoms with E-state index in [9.17, 15) is 0 Å². The Bertz CT molecular complexity index is 421. The second kappa shape index (κ2) is 5.21. The molecule has 3 heteroatoms. The summed E-state index contributed by atoms with van der Waals surface area (Å²) in [5.74, 6) is 1.13. The summed E-state index contributed by atoms with van der Waals surface area (Å²) in [6.07, 6.45) is 3.55. The topological polar surface area (TPSA) is 27.6 Å². The average molecular weight is 231 g/mol. The van der Waals surface area contributed by atoms with Crippen LogP contribution in [-0.4, -0.2) is 26.5 Å². The highest BCUT2D eigenvalue weighted by Crippen LogP contribution is 2.23. The minimum atomic E-state index is 0.967. The van der Waals surface area contributed by atoms with Gasteiger partial charge in [-0.2, -0.15) is 0 Å². The van der Waals surface area contributed by atoms with E-state index >= 15 is 0 Å². The van der Waals surface area contributed by atoms with Gasteiger partial charge in [-0.1, -0.05) is 6.07 Å². The molecule has 0 atom stereocenters. The molecule has 0 amide bonds. The maximum atomic E-state index is 4.51. The summed E-state index contributed by atoms with van der Waals surface area (Å²) in [6.45, 7) is 3.10. The highest BCUT2D eigenvalue weighted by molar-refractivity contribution is 5.96. The maximum absolute atomic E-state index is 4.51. The van der Waals surface area contributed by atoms with Crippen molar-refractivity contribution >= 4 is 17.2 Å². The summed E-state index contributed by atoms with van der Waals surface area (Å²) in [5.41, 5.74) is 3.69. The van der Waals surface area contributed by atoms with E-state index in [4.69, 9.17) is 0 Å². The van der Waals surface area contributed by atoms with E-state index in [0.29, 0.717) is 0 Å². The van der Waals surface area contributed by atoms with Crippen molar-refractivity contribution in [1.29, 1.82) is 0 Å². The molecule has 0 aromatic heterocycles. The van der Waals surface area contributed by atoms with Crippen LogP contribution >= 0.6 is 0 Å². The fraction of sp³-hybridized carbons (Fsp3) is 0.500. The van der Waals surface area contributed by atoms with Crippen molar-refractivity contribution in [3.05, 3.63) is 23.8 Å². The van der Waals surface area contributed by atoms with Crippen LogP contribution in [0.3, 0.4) is 0 Å². The predicted molar refractivity (Wildman–Crippen MR) is 75.3 cm³/mol. The van der Waals surface area contributed by atoms with Gasteiger partial charge in [-0.3, -0.25) is 4.99 Å². The Labute approximate surface area is 104 Å². The first-order valence-electron chi connectivity index (χ1n) is 6.25. The van der Waals surface area contributed by atoms with Gasteiger partial charge in [0, 0.05) is 38.4 Å². The average Bonchev–Trinajstić information content (AvgIpc) is 2.32. The van der Waals surface area contributed by atoms with Gasteiger partial charge in [0.1, 0.15) is 5.84 Å². The second-order valence-corrected chi connectivity index (χ2v) is 4.81. The van der Waals surface area contributed by atoms with Crippen LogP contribution in [-0.2, 0) is 0 Å². The third-order valence-electron chi connectivity index (χ3n) is 3.10. The summed E-state index contributed by atoms with van der Waals surface area (Å²) in [4.78, 5) is 6.66. The first-order chi connectivity index (χ1) is 8.16. The monoisotopic (exact) mass is 231 g/mol. The molecule has 0 spiro atoms. The highest BCUT2D eigenvalue weighted by atomic mass is 15.1. The molecule has 1 aliphatic heterocycles. The van der Waals surface area contributed by atoms with E-state index in [1.54, 1.807) is 0 Å². The molecule has 0 unspecified atom stereocenters. The summed E-state index contributed by atoms with van der Waals surface area (Å²) in [7, 11) is 4.15. The Morgan fingerprint density at radius 3 is 2.71 bits per heavy atom. The fourth-order valence-corrected chi connectivity index (χ4v) is 2.13. The van der Waals surface area contributed by atoms with Crippen molar-refractivity contribution in [3.63, 3.8) is 0 Å². The Morgan fingerprint density at radius 1 is 1.24 bits per heavy atom. The minimum Gasteiger partial charge on any atom is -0.377 e. The largest absolute Gasteiger partial charge is 0.377 e. The highest BCUT2D eigenvalue weighted by Gasteiger charge is 2.07. The molecule has 0 fully saturated rings. The Kier molecular flexibility index (Phi) is 3.67. The van der Waals surface area contributed by atoms with E-state index in [0.717, 1.165) is 24.5 Å². The molecular formula is C14H21N3. The first kappa shape index (κ1) is 12.0. The van der Waals surface area contributed by atoms with E-state index in [1.807, 2.05) is 0 Å². The number of nitrogens with one attached hydrogen (secondary N) is 1. The van der Waals surface area contributed by atoms with Gasteiger partial charge in [0.25, 0.3) is 0 Å². The molecule has 0 saturated heterocycles. The number of anilines is 2. The van der Waals surface area contributed by atoms with Gasteiger partial charge < -0.3 is 10.2 Å². The van der Waals surface area contributed by atoms with Crippen molar-refractivity contribution in [1.82, 2.24) is 0 Å². The van der Waals surface area contributed by atoms with Gasteiger partial charge >= 0.3 is 0 Å². The van der Waals surface area contributed by atoms with Gasteiger partial charge in [-0.15, -0.1) is 0 Å². The smallest absolute Gasteiger partial charge is 0.101 e. The lowest BCUT2D eigenvalue weighted by Crippen LogP contribution is -2.17. The summed E-state index contributed by atoms with van der Waals surface area (Å²) < 4.78 is 0. The van der Waals surface area contributed by atoms with Gasteiger partial charge in [0.05, 0.1) is 0 Å². The summed E-state index contributed by atoms with van der Waals surface area (Å²) in [5, 5.41) is 3.43. The van der Waals surface area contributed by atoms with Crippen LogP contribution in [0.1, 0.15) is 24.8 Å². The van der Waals surface area contributed by atoms with Crippen LogP contribution in [0.15, 0.2) is 23.2 Å². The van der Waals surface area contributed by atoms with Crippen molar-refractivity contribution < 1.29 is 0 Å². The molecule has 1 aliphatic rings.